The van der Waals surface area contributed by atoms with Crippen molar-refractivity contribution < 1.29 is 14.5 Å². The first-order valence-corrected chi connectivity index (χ1v) is 6.98. The van der Waals surface area contributed by atoms with Crippen LogP contribution in [-0.2, 0) is 4.79 Å². The van der Waals surface area contributed by atoms with Gasteiger partial charge in [0, 0.05) is 6.07 Å². The highest BCUT2D eigenvalue weighted by Gasteiger charge is 2.12. The average molecular weight is 315 g/mol. The number of nitro groups is 1. The van der Waals surface area contributed by atoms with Crippen LogP contribution in [0.2, 0.25) is 0 Å². The van der Waals surface area contributed by atoms with E-state index in [4.69, 9.17) is 4.74 Å². The van der Waals surface area contributed by atoms with Crippen LogP contribution in [0.4, 0.5) is 11.5 Å². The predicted molar refractivity (Wildman–Crippen MR) is 85.7 cm³/mol. The van der Waals surface area contributed by atoms with E-state index in [1.54, 1.807) is 6.92 Å². The molecule has 7 nitrogen and oxygen atoms in total. The van der Waals surface area contributed by atoms with Crippen molar-refractivity contribution in [3.63, 3.8) is 0 Å². The number of amides is 1. The summed E-state index contributed by atoms with van der Waals surface area (Å²) in [6.45, 7) is 5.31. The molecule has 0 spiro atoms. The largest absolute Gasteiger partial charge is 0.483 e. The minimum absolute atomic E-state index is 0.118. The van der Waals surface area contributed by atoms with Gasteiger partial charge in [-0.15, -0.1) is 0 Å². The van der Waals surface area contributed by atoms with Crippen molar-refractivity contribution in [3.05, 3.63) is 57.3 Å². The average Bonchev–Trinajstić information content (AvgIpc) is 2.50. The Morgan fingerprint density at radius 2 is 2.00 bits per heavy atom. The second-order valence-electron chi connectivity index (χ2n) is 5.22. The number of ether oxygens (including phenoxy) is 1. The van der Waals surface area contributed by atoms with E-state index in [2.05, 4.69) is 10.3 Å². The third-order valence-electron chi connectivity index (χ3n) is 3.23. The summed E-state index contributed by atoms with van der Waals surface area (Å²) >= 11 is 0. The zero-order valence-electron chi connectivity index (χ0n) is 13.1. The highest BCUT2D eigenvalue weighted by molar-refractivity contribution is 5.91. The zero-order chi connectivity index (χ0) is 17.0. The Hall–Kier alpha value is -2.96. The number of carbonyl (C=O) groups is 1. The van der Waals surface area contributed by atoms with E-state index in [1.165, 1.54) is 6.07 Å². The van der Waals surface area contributed by atoms with Gasteiger partial charge >= 0.3 is 0 Å². The fraction of sp³-hybridized carbons (Fsp3) is 0.250. The maximum Gasteiger partial charge on any atom is 0.287 e. The molecule has 0 aliphatic rings. The van der Waals surface area contributed by atoms with Gasteiger partial charge in [0.15, 0.2) is 6.61 Å². The number of hydrogen-bond acceptors (Lipinski definition) is 5. The van der Waals surface area contributed by atoms with Crippen molar-refractivity contribution in [2.24, 2.45) is 0 Å². The number of pyridine rings is 1. The maximum atomic E-state index is 11.9. The zero-order valence-corrected chi connectivity index (χ0v) is 13.1. The van der Waals surface area contributed by atoms with Crippen LogP contribution in [-0.4, -0.2) is 22.4 Å². The molecule has 0 aliphatic heterocycles. The van der Waals surface area contributed by atoms with Gasteiger partial charge < -0.3 is 10.1 Å². The Labute approximate surface area is 133 Å². The van der Waals surface area contributed by atoms with Crippen molar-refractivity contribution >= 4 is 17.4 Å². The van der Waals surface area contributed by atoms with Crippen LogP contribution >= 0.6 is 0 Å². The maximum absolute atomic E-state index is 11.9. The number of hydrogen-bond donors (Lipinski definition) is 1. The molecule has 1 aromatic carbocycles. The quantitative estimate of drug-likeness (QED) is 0.676. The van der Waals surface area contributed by atoms with Crippen molar-refractivity contribution in [2.75, 3.05) is 11.9 Å². The van der Waals surface area contributed by atoms with E-state index in [-0.39, 0.29) is 24.0 Å². The van der Waals surface area contributed by atoms with Crippen molar-refractivity contribution in [3.8, 4) is 5.75 Å². The number of nitrogens with zero attached hydrogens (tertiary/aromatic N) is 2. The summed E-state index contributed by atoms with van der Waals surface area (Å²) in [7, 11) is 0. The Morgan fingerprint density at radius 1 is 1.26 bits per heavy atom. The molecule has 1 N–H and O–H groups in total. The van der Waals surface area contributed by atoms with Crippen LogP contribution in [0.1, 0.15) is 16.7 Å². The lowest BCUT2D eigenvalue weighted by Crippen LogP contribution is -2.21. The Morgan fingerprint density at radius 3 is 2.65 bits per heavy atom. The number of benzene rings is 1. The van der Waals surface area contributed by atoms with E-state index in [0.29, 0.717) is 11.3 Å². The second kappa shape index (κ2) is 6.87. The molecule has 7 heteroatoms. The van der Waals surface area contributed by atoms with Gasteiger partial charge in [-0.1, -0.05) is 12.1 Å². The molecule has 0 bridgehead atoms. The number of aromatic nitrogens is 1. The van der Waals surface area contributed by atoms with Gasteiger partial charge in [-0.2, -0.15) is 0 Å². The third-order valence-corrected chi connectivity index (χ3v) is 3.23. The Bertz CT molecular complexity index is 759. The standard InChI is InChI=1S/C16H17N3O4/c1-10-4-5-11(2)14(6-10)23-9-15(20)18-16-12(3)7-13(8-17-16)19(21)22/h4-8H,9H2,1-3H3,(H,17,18,20). The number of nitrogens with one attached hydrogen (secondary N) is 1. The van der Waals surface area contributed by atoms with Crippen molar-refractivity contribution in [1.29, 1.82) is 0 Å². The van der Waals surface area contributed by atoms with E-state index in [1.807, 2.05) is 32.0 Å². The molecule has 0 atom stereocenters. The van der Waals surface area contributed by atoms with Gasteiger partial charge in [0.1, 0.15) is 17.8 Å². The fourth-order valence-corrected chi connectivity index (χ4v) is 1.96. The molecule has 1 amide bonds. The summed E-state index contributed by atoms with van der Waals surface area (Å²) in [4.78, 5) is 26.0. The number of carbonyl (C=O) groups excluding carboxylic acids is 1. The van der Waals surface area contributed by atoms with Crippen LogP contribution in [0.25, 0.3) is 0 Å². The molecule has 0 fully saturated rings. The SMILES string of the molecule is Cc1ccc(C)c(OCC(=O)Nc2ncc([N+](=O)[O-])cc2C)c1. The number of anilines is 1. The molecule has 1 aromatic heterocycles. The van der Waals surface area contributed by atoms with Crippen LogP contribution in [0.15, 0.2) is 30.5 Å². The molecular weight excluding hydrogens is 298 g/mol. The topological polar surface area (TPSA) is 94.4 Å². The summed E-state index contributed by atoms with van der Waals surface area (Å²) in [5.41, 5.74) is 2.37. The lowest BCUT2D eigenvalue weighted by atomic mass is 10.1. The smallest absolute Gasteiger partial charge is 0.287 e. The van der Waals surface area contributed by atoms with Gasteiger partial charge in [0.05, 0.1) is 4.92 Å². The third kappa shape index (κ3) is 4.26. The monoisotopic (exact) mass is 315 g/mol. The summed E-state index contributed by atoms with van der Waals surface area (Å²) in [6, 6.07) is 7.10. The van der Waals surface area contributed by atoms with E-state index >= 15 is 0 Å². The molecule has 0 unspecified atom stereocenters. The molecular formula is C16H17N3O4. The highest BCUT2D eigenvalue weighted by atomic mass is 16.6. The predicted octanol–water partition coefficient (Wildman–Crippen LogP) is 2.93. The van der Waals surface area contributed by atoms with Crippen LogP contribution in [0.3, 0.4) is 0 Å². The van der Waals surface area contributed by atoms with Crippen LogP contribution < -0.4 is 10.1 Å². The molecule has 120 valence electrons. The number of rotatable bonds is 5. The van der Waals surface area contributed by atoms with Gasteiger partial charge in [0.25, 0.3) is 11.6 Å². The molecule has 0 saturated carbocycles. The number of aryl methyl sites for hydroxylation is 3. The second-order valence-corrected chi connectivity index (χ2v) is 5.22. The van der Waals surface area contributed by atoms with Crippen molar-refractivity contribution in [2.45, 2.75) is 20.8 Å². The molecule has 1 heterocycles. The summed E-state index contributed by atoms with van der Waals surface area (Å²) < 4.78 is 5.51. The Kier molecular flexibility index (Phi) is 4.90. The van der Waals surface area contributed by atoms with Gasteiger partial charge in [-0.05, 0) is 43.5 Å². The summed E-state index contributed by atoms with van der Waals surface area (Å²) in [6.07, 6.45) is 1.11. The van der Waals surface area contributed by atoms with E-state index < -0.39 is 4.92 Å². The minimum Gasteiger partial charge on any atom is -0.483 e. The fourth-order valence-electron chi connectivity index (χ4n) is 1.96. The lowest BCUT2D eigenvalue weighted by Gasteiger charge is -2.11. The highest BCUT2D eigenvalue weighted by Crippen LogP contribution is 2.20. The first kappa shape index (κ1) is 16.4. The van der Waals surface area contributed by atoms with Crippen LogP contribution in [0, 0.1) is 30.9 Å². The van der Waals surface area contributed by atoms with Crippen molar-refractivity contribution in [1.82, 2.24) is 4.98 Å². The molecule has 23 heavy (non-hydrogen) atoms. The molecule has 0 radical (unpaired) electrons. The normalized spacial score (nSPS) is 10.2. The van der Waals surface area contributed by atoms with Gasteiger partial charge in [-0.3, -0.25) is 14.9 Å². The first-order chi connectivity index (χ1) is 10.9. The van der Waals surface area contributed by atoms with E-state index in [9.17, 15) is 14.9 Å². The molecule has 0 saturated heterocycles. The first-order valence-electron chi connectivity index (χ1n) is 6.98. The summed E-state index contributed by atoms with van der Waals surface area (Å²) in [5, 5.41) is 13.2. The minimum atomic E-state index is -0.533. The molecule has 2 aromatic rings. The van der Waals surface area contributed by atoms with Gasteiger partial charge in [0.2, 0.25) is 0 Å². The lowest BCUT2D eigenvalue weighted by molar-refractivity contribution is -0.385. The molecule has 0 aliphatic carbocycles. The summed E-state index contributed by atoms with van der Waals surface area (Å²) in [5.74, 6) is 0.550. The molecule has 2 rings (SSSR count). The van der Waals surface area contributed by atoms with Crippen LogP contribution in [0.5, 0.6) is 5.75 Å². The van der Waals surface area contributed by atoms with Gasteiger partial charge in [-0.25, -0.2) is 4.98 Å². The van der Waals surface area contributed by atoms with E-state index in [0.717, 1.165) is 17.3 Å². The Balaban J connectivity index is 2.00.